The van der Waals surface area contributed by atoms with Crippen molar-refractivity contribution in [3.05, 3.63) is 75.9 Å². The molecule has 5 nitrogen and oxygen atoms in total. The van der Waals surface area contributed by atoms with Crippen molar-refractivity contribution in [1.82, 2.24) is 9.78 Å². The fourth-order valence-electron chi connectivity index (χ4n) is 3.12. The number of hydrogen-bond acceptors (Lipinski definition) is 3. The summed E-state index contributed by atoms with van der Waals surface area (Å²) in [5, 5.41) is 8.35. The number of halogens is 2. The molecule has 0 bridgehead atoms. The zero-order valence-electron chi connectivity index (χ0n) is 14.4. The van der Waals surface area contributed by atoms with Crippen LogP contribution in [0.5, 0.6) is 5.75 Å². The van der Waals surface area contributed by atoms with Crippen molar-refractivity contribution in [2.45, 2.75) is 13.0 Å². The molecule has 27 heavy (non-hydrogen) atoms. The fourth-order valence-corrected chi connectivity index (χ4v) is 3.64. The van der Waals surface area contributed by atoms with E-state index in [9.17, 15) is 4.79 Å². The molecule has 0 saturated heterocycles. The third kappa shape index (κ3) is 3.80. The van der Waals surface area contributed by atoms with Gasteiger partial charge in [-0.15, -0.1) is 0 Å². The van der Waals surface area contributed by atoms with Gasteiger partial charge in [0.2, 0.25) is 5.91 Å². The number of benzene rings is 2. The van der Waals surface area contributed by atoms with E-state index in [4.69, 9.17) is 27.9 Å². The predicted molar refractivity (Wildman–Crippen MR) is 106 cm³/mol. The minimum atomic E-state index is -0.257. The number of carbonyl (C=O) groups is 1. The number of para-hydroxylation sites is 1. The quantitative estimate of drug-likeness (QED) is 0.703. The predicted octanol–water partition coefficient (Wildman–Crippen LogP) is 4.43. The van der Waals surface area contributed by atoms with Crippen LogP contribution in [0.3, 0.4) is 0 Å². The molecule has 1 atom stereocenters. The van der Waals surface area contributed by atoms with Gasteiger partial charge in [0.05, 0.1) is 18.7 Å². The minimum absolute atomic E-state index is 0.100. The number of hydrogen-bond donors (Lipinski definition) is 1. The first kappa shape index (κ1) is 17.9. The van der Waals surface area contributed by atoms with Gasteiger partial charge < -0.3 is 10.1 Å². The van der Waals surface area contributed by atoms with Crippen molar-refractivity contribution in [3.63, 3.8) is 0 Å². The summed E-state index contributed by atoms with van der Waals surface area (Å²) in [5.74, 6) is 1.08. The molecule has 1 unspecified atom stereocenters. The summed E-state index contributed by atoms with van der Waals surface area (Å²) in [6, 6.07) is 14.9. The second-order valence-electron chi connectivity index (χ2n) is 6.38. The third-order valence-corrected chi connectivity index (χ3v) is 5.30. The molecule has 2 aromatic carbocycles. The number of fused-ring (bicyclic) bond motifs is 1. The molecule has 1 aliphatic heterocycles. The molecule has 7 heteroatoms. The first-order chi connectivity index (χ1) is 13.1. The zero-order chi connectivity index (χ0) is 18.8. The standard InChI is InChI=1S/C20H17Cl2N3O2/c21-16-5-3-6-17(22)15(16)11-25-19(8-9-23-25)24-20(26)14-10-13-4-1-2-7-18(13)27-12-14/h1-9,14H,10-12H2,(H,24,26). The van der Waals surface area contributed by atoms with Gasteiger partial charge in [-0.05, 0) is 30.2 Å². The van der Waals surface area contributed by atoms with Gasteiger partial charge in [0.25, 0.3) is 0 Å². The molecule has 3 aromatic rings. The molecule has 1 N–H and O–H groups in total. The van der Waals surface area contributed by atoms with Crippen molar-refractivity contribution in [2.75, 3.05) is 11.9 Å². The third-order valence-electron chi connectivity index (χ3n) is 4.59. The van der Waals surface area contributed by atoms with Crippen LogP contribution in [0.25, 0.3) is 0 Å². The van der Waals surface area contributed by atoms with Crippen LogP contribution >= 0.6 is 23.2 Å². The molecule has 4 rings (SSSR count). The summed E-state index contributed by atoms with van der Waals surface area (Å²) >= 11 is 12.5. The van der Waals surface area contributed by atoms with E-state index in [1.54, 1.807) is 35.1 Å². The highest BCUT2D eigenvalue weighted by atomic mass is 35.5. The normalized spacial score (nSPS) is 15.7. The number of anilines is 1. The molecule has 0 spiro atoms. The van der Waals surface area contributed by atoms with Gasteiger partial charge in [0, 0.05) is 21.7 Å². The van der Waals surface area contributed by atoms with E-state index in [1.807, 2.05) is 24.3 Å². The summed E-state index contributed by atoms with van der Waals surface area (Å²) < 4.78 is 7.38. The summed E-state index contributed by atoms with van der Waals surface area (Å²) in [7, 11) is 0. The van der Waals surface area contributed by atoms with Gasteiger partial charge in [0.15, 0.2) is 0 Å². The Kier molecular flexibility index (Phi) is 5.05. The topological polar surface area (TPSA) is 56.2 Å². The highest BCUT2D eigenvalue weighted by molar-refractivity contribution is 6.36. The monoisotopic (exact) mass is 401 g/mol. The largest absolute Gasteiger partial charge is 0.492 e. The lowest BCUT2D eigenvalue weighted by molar-refractivity contribution is -0.121. The maximum atomic E-state index is 12.7. The lowest BCUT2D eigenvalue weighted by atomic mass is 9.96. The number of rotatable bonds is 4. The number of nitrogens with one attached hydrogen (secondary N) is 1. The van der Waals surface area contributed by atoms with Gasteiger partial charge in [-0.25, -0.2) is 4.68 Å². The first-order valence-corrected chi connectivity index (χ1v) is 9.33. The molecular weight excluding hydrogens is 385 g/mol. The van der Waals surface area contributed by atoms with Crippen LogP contribution in [-0.4, -0.2) is 22.3 Å². The number of ether oxygens (including phenoxy) is 1. The Morgan fingerprint density at radius 3 is 2.74 bits per heavy atom. The zero-order valence-corrected chi connectivity index (χ0v) is 15.9. The molecule has 2 heterocycles. The van der Waals surface area contributed by atoms with E-state index in [1.165, 1.54) is 0 Å². The number of amides is 1. The van der Waals surface area contributed by atoms with Gasteiger partial charge in [-0.1, -0.05) is 47.5 Å². The molecular formula is C20H17Cl2N3O2. The Labute approximate surface area is 166 Å². The number of aromatic nitrogens is 2. The van der Waals surface area contributed by atoms with Crippen molar-refractivity contribution < 1.29 is 9.53 Å². The van der Waals surface area contributed by atoms with E-state index in [2.05, 4.69) is 10.4 Å². The molecule has 0 radical (unpaired) electrons. The highest BCUT2D eigenvalue weighted by Crippen LogP contribution is 2.28. The van der Waals surface area contributed by atoms with Crippen LogP contribution in [0.4, 0.5) is 5.82 Å². The van der Waals surface area contributed by atoms with Gasteiger partial charge in [-0.3, -0.25) is 4.79 Å². The Morgan fingerprint density at radius 1 is 1.15 bits per heavy atom. The molecule has 138 valence electrons. The van der Waals surface area contributed by atoms with Crippen molar-refractivity contribution in [2.24, 2.45) is 5.92 Å². The number of carbonyl (C=O) groups excluding carboxylic acids is 1. The van der Waals surface area contributed by atoms with Crippen LogP contribution in [0, 0.1) is 5.92 Å². The second kappa shape index (κ2) is 7.62. The van der Waals surface area contributed by atoms with Crippen molar-refractivity contribution in [3.8, 4) is 5.75 Å². The Morgan fingerprint density at radius 2 is 1.93 bits per heavy atom. The van der Waals surface area contributed by atoms with E-state index >= 15 is 0 Å². The van der Waals surface area contributed by atoms with Crippen LogP contribution in [0.1, 0.15) is 11.1 Å². The van der Waals surface area contributed by atoms with Crippen molar-refractivity contribution in [1.29, 1.82) is 0 Å². The van der Waals surface area contributed by atoms with E-state index in [-0.39, 0.29) is 11.8 Å². The maximum Gasteiger partial charge on any atom is 0.232 e. The molecule has 1 aromatic heterocycles. The highest BCUT2D eigenvalue weighted by Gasteiger charge is 2.26. The van der Waals surface area contributed by atoms with Crippen LogP contribution in [0.15, 0.2) is 54.7 Å². The smallest absolute Gasteiger partial charge is 0.232 e. The van der Waals surface area contributed by atoms with Crippen molar-refractivity contribution >= 4 is 34.9 Å². The van der Waals surface area contributed by atoms with E-state index in [0.717, 1.165) is 16.9 Å². The molecule has 0 aliphatic carbocycles. The van der Waals surface area contributed by atoms with Crippen LogP contribution < -0.4 is 10.1 Å². The SMILES string of the molecule is O=C(Nc1ccnn1Cc1c(Cl)cccc1Cl)C1COc2ccccc2C1. The Balaban J connectivity index is 1.48. The minimum Gasteiger partial charge on any atom is -0.492 e. The molecule has 0 saturated carbocycles. The second-order valence-corrected chi connectivity index (χ2v) is 7.20. The maximum absolute atomic E-state index is 12.7. The summed E-state index contributed by atoms with van der Waals surface area (Å²) in [6.07, 6.45) is 2.28. The molecule has 1 aliphatic rings. The lowest BCUT2D eigenvalue weighted by Crippen LogP contribution is -2.33. The van der Waals surface area contributed by atoms with Crippen LogP contribution in [-0.2, 0) is 17.8 Å². The van der Waals surface area contributed by atoms with Gasteiger partial charge in [-0.2, -0.15) is 5.10 Å². The van der Waals surface area contributed by atoms with E-state index < -0.39 is 0 Å². The van der Waals surface area contributed by atoms with Gasteiger partial charge >= 0.3 is 0 Å². The molecule has 0 fully saturated rings. The summed E-state index contributed by atoms with van der Waals surface area (Å²) in [4.78, 5) is 12.7. The first-order valence-electron chi connectivity index (χ1n) is 8.58. The lowest BCUT2D eigenvalue weighted by Gasteiger charge is -2.24. The summed E-state index contributed by atoms with van der Waals surface area (Å²) in [5.41, 5.74) is 1.80. The average Bonchev–Trinajstić information content (AvgIpc) is 3.11. The Hall–Kier alpha value is -2.50. The Bertz CT molecular complexity index is 967. The summed E-state index contributed by atoms with van der Waals surface area (Å²) in [6.45, 7) is 0.721. The van der Waals surface area contributed by atoms with Crippen LogP contribution in [0.2, 0.25) is 10.0 Å². The fraction of sp³-hybridized carbons (Fsp3) is 0.200. The van der Waals surface area contributed by atoms with E-state index in [0.29, 0.717) is 35.4 Å². The molecule has 1 amide bonds. The van der Waals surface area contributed by atoms with Gasteiger partial charge in [0.1, 0.15) is 18.2 Å². The average molecular weight is 402 g/mol. The number of nitrogens with zero attached hydrogens (tertiary/aromatic N) is 2.